The van der Waals surface area contributed by atoms with Gasteiger partial charge in [0.2, 0.25) is 9.84 Å². The maximum atomic E-state index is 13.3. The first-order valence-corrected chi connectivity index (χ1v) is 18.3. The quantitative estimate of drug-likeness (QED) is 0.295. The second-order valence-electron chi connectivity index (χ2n) is 8.80. The average Bonchev–Trinajstić information content (AvgIpc) is 2.85. The van der Waals surface area contributed by atoms with E-state index in [0.29, 0.717) is 9.79 Å². The summed E-state index contributed by atoms with van der Waals surface area (Å²) in [5.41, 5.74) is 2.08. The Morgan fingerprint density at radius 2 is 1.18 bits per heavy atom. The predicted octanol–water partition coefficient (Wildman–Crippen LogP) is 1.92. The van der Waals surface area contributed by atoms with Crippen LogP contribution in [0.15, 0.2) is 105 Å². The molecule has 3 nitrogen and oxygen atoms in total. The fourth-order valence-electron chi connectivity index (χ4n) is 5.21. The minimum absolute atomic E-state index is 0.458. The Kier molecular flexibility index (Phi) is 4.83. The van der Waals surface area contributed by atoms with Gasteiger partial charge in [0.05, 0.1) is 9.79 Å². The van der Waals surface area contributed by atoms with Crippen molar-refractivity contribution in [3.8, 4) is 11.1 Å². The highest BCUT2D eigenvalue weighted by molar-refractivity contribution is 7.92. The average molecular weight is 503 g/mol. The van der Waals surface area contributed by atoms with Gasteiger partial charge >= 0.3 is 0 Å². The first kappa shape index (κ1) is 21.1. The van der Waals surface area contributed by atoms with E-state index in [-0.39, 0.29) is 0 Å². The fraction of sp³-hybridized carbons (Fsp3) is 0.0769. The van der Waals surface area contributed by atoms with Gasteiger partial charge in [0.1, 0.15) is 17.6 Å². The molecule has 2 aliphatic heterocycles. The van der Waals surface area contributed by atoms with Crippen LogP contribution in [0.2, 0.25) is 13.1 Å². The predicted molar refractivity (Wildman–Crippen MR) is 139 cm³/mol. The van der Waals surface area contributed by atoms with E-state index >= 15 is 0 Å². The molecular formula is C26H22O3S2Si2. The summed E-state index contributed by atoms with van der Waals surface area (Å²) in [6.45, 7) is 4.50. The fourth-order valence-corrected chi connectivity index (χ4v) is 16.0. The SMILES string of the molecule is C[Si@H]1c2ccccc2[S+]([O-])c2ccc(-c3ccc4c(c3)[Si@H](C)c3ccccc3S4(=O)=O)cc21. The molecule has 0 bridgehead atoms. The van der Waals surface area contributed by atoms with Crippen molar-refractivity contribution in [1.82, 2.24) is 0 Å². The van der Waals surface area contributed by atoms with E-state index in [1.165, 1.54) is 10.4 Å². The molecule has 0 aromatic heterocycles. The molecule has 2 heterocycles. The van der Waals surface area contributed by atoms with Crippen molar-refractivity contribution in [3.05, 3.63) is 84.9 Å². The first-order valence-electron chi connectivity index (χ1n) is 11.0. The van der Waals surface area contributed by atoms with Gasteiger partial charge in [-0.2, -0.15) is 0 Å². The molecule has 0 N–H and O–H groups in total. The van der Waals surface area contributed by atoms with Gasteiger partial charge in [-0.25, -0.2) is 8.42 Å². The summed E-state index contributed by atoms with van der Waals surface area (Å²) in [5, 5.41) is 4.42. The van der Waals surface area contributed by atoms with E-state index < -0.39 is 38.6 Å². The van der Waals surface area contributed by atoms with Crippen LogP contribution in [0.25, 0.3) is 11.1 Å². The van der Waals surface area contributed by atoms with Crippen molar-refractivity contribution in [2.75, 3.05) is 0 Å². The van der Waals surface area contributed by atoms with Crippen LogP contribution >= 0.6 is 0 Å². The number of sulfone groups is 1. The number of hydrogen-bond donors (Lipinski definition) is 0. The van der Waals surface area contributed by atoms with Gasteiger partial charge in [0, 0.05) is 11.2 Å². The summed E-state index contributed by atoms with van der Waals surface area (Å²) in [7, 11) is -6.59. The van der Waals surface area contributed by atoms with E-state index in [2.05, 4.69) is 31.3 Å². The van der Waals surface area contributed by atoms with Gasteiger partial charge < -0.3 is 4.55 Å². The van der Waals surface area contributed by atoms with E-state index in [0.717, 1.165) is 31.3 Å². The normalized spacial score (nSPS) is 22.0. The van der Waals surface area contributed by atoms with Crippen molar-refractivity contribution >= 4 is 59.4 Å². The molecule has 164 valence electrons. The van der Waals surface area contributed by atoms with E-state index in [9.17, 15) is 13.0 Å². The second kappa shape index (κ2) is 7.54. The van der Waals surface area contributed by atoms with E-state index in [4.69, 9.17) is 0 Å². The monoisotopic (exact) mass is 502 g/mol. The number of fused-ring (bicyclic) bond motifs is 4. The van der Waals surface area contributed by atoms with Crippen molar-refractivity contribution < 1.29 is 13.0 Å². The zero-order valence-electron chi connectivity index (χ0n) is 18.3. The molecule has 4 aromatic rings. The Morgan fingerprint density at radius 3 is 1.97 bits per heavy atom. The van der Waals surface area contributed by atoms with Crippen LogP contribution < -0.4 is 20.7 Å². The van der Waals surface area contributed by atoms with E-state index in [1.807, 2.05) is 48.5 Å². The molecule has 0 saturated carbocycles. The van der Waals surface area contributed by atoms with Crippen LogP contribution in [-0.4, -0.2) is 30.6 Å². The third kappa shape index (κ3) is 3.07. The Labute approximate surface area is 200 Å². The molecule has 0 saturated heterocycles. The standard InChI is InChI=1S/C26H22O3S2Si2/c1-32-23-9-5-3-7-19(23)30(27)20-13-11-17(15-25(20)32)18-12-14-22-26(16-18)33(2)24-10-6-4-8-21(24)31(22,28)29/h3-16,32-33H,1-2H3/t30?,32-,33+/m0/s1. The van der Waals surface area contributed by atoms with Crippen molar-refractivity contribution in [1.29, 1.82) is 0 Å². The summed E-state index contributed by atoms with van der Waals surface area (Å²) in [5.74, 6) is 0. The lowest BCUT2D eigenvalue weighted by Crippen LogP contribution is -2.48. The topological polar surface area (TPSA) is 57.2 Å². The molecule has 7 heteroatoms. The molecule has 3 atom stereocenters. The van der Waals surface area contributed by atoms with Gasteiger partial charge in [-0.05, 0) is 62.2 Å². The highest BCUT2D eigenvalue weighted by Crippen LogP contribution is 2.29. The maximum Gasteiger partial charge on any atom is 0.206 e. The first-order chi connectivity index (χ1) is 15.9. The Morgan fingerprint density at radius 1 is 0.636 bits per heavy atom. The summed E-state index contributed by atoms with van der Waals surface area (Å²) in [4.78, 5) is 2.81. The molecule has 1 unspecified atom stereocenters. The summed E-state index contributed by atoms with van der Waals surface area (Å²) in [6, 6.07) is 27.6. The van der Waals surface area contributed by atoms with Crippen LogP contribution in [0, 0.1) is 0 Å². The maximum absolute atomic E-state index is 13.3. The van der Waals surface area contributed by atoms with Crippen LogP contribution in [0.3, 0.4) is 0 Å². The lowest BCUT2D eigenvalue weighted by molar-refractivity contribution is 0.595. The van der Waals surface area contributed by atoms with Gasteiger partial charge in [0.25, 0.3) is 0 Å². The molecule has 0 radical (unpaired) electrons. The largest absolute Gasteiger partial charge is 0.606 e. The molecule has 2 aliphatic rings. The van der Waals surface area contributed by atoms with E-state index in [1.54, 1.807) is 18.2 Å². The van der Waals surface area contributed by atoms with Gasteiger partial charge in [-0.15, -0.1) is 0 Å². The van der Waals surface area contributed by atoms with Crippen molar-refractivity contribution in [2.24, 2.45) is 0 Å². The van der Waals surface area contributed by atoms with Crippen molar-refractivity contribution in [3.63, 3.8) is 0 Å². The molecule has 4 aromatic carbocycles. The molecule has 0 fully saturated rings. The molecule has 6 rings (SSSR count). The number of hydrogen-bond acceptors (Lipinski definition) is 3. The Bertz CT molecular complexity index is 1550. The summed E-state index contributed by atoms with van der Waals surface area (Å²) < 4.78 is 39.7. The number of rotatable bonds is 1. The molecule has 0 spiro atoms. The third-order valence-corrected chi connectivity index (χ3v) is 17.0. The minimum Gasteiger partial charge on any atom is -0.606 e. The second-order valence-corrected chi connectivity index (χ2v) is 17.5. The van der Waals surface area contributed by atoms with Gasteiger partial charge in [-0.1, -0.05) is 67.7 Å². The van der Waals surface area contributed by atoms with Crippen molar-refractivity contribution in [2.45, 2.75) is 32.7 Å². The molecular weight excluding hydrogens is 481 g/mol. The van der Waals surface area contributed by atoms with Crippen LogP contribution in [0.4, 0.5) is 0 Å². The zero-order valence-corrected chi connectivity index (χ0v) is 22.2. The molecule has 0 aliphatic carbocycles. The number of benzene rings is 4. The Hall–Kier alpha value is -2.43. The molecule has 0 amide bonds. The third-order valence-electron chi connectivity index (χ3n) is 7.04. The van der Waals surface area contributed by atoms with Crippen LogP contribution in [0.5, 0.6) is 0 Å². The minimum atomic E-state index is -3.50. The highest BCUT2D eigenvalue weighted by atomic mass is 32.2. The lowest BCUT2D eigenvalue weighted by atomic mass is 10.1. The lowest BCUT2D eigenvalue weighted by Gasteiger charge is -2.27. The summed E-state index contributed by atoms with van der Waals surface area (Å²) in [6.07, 6.45) is 0. The van der Waals surface area contributed by atoms with Gasteiger partial charge in [-0.3, -0.25) is 0 Å². The van der Waals surface area contributed by atoms with Crippen LogP contribution in [-0.2, 0) is 21.0 Å². The summed E-state index contributed by atoms with van der Waals surface area (Å²) >= 11 is -1.16. The van der Waals surface area contributed by atoms with Crippen LogP contribution in [0.1, 0.15) is 0 Å². The zero-order chi connectivity index (χ0) is 22.9. The smallest absolute Gasteiger partial charge is 0.206 e. The van der Waals surface area contributed by atoms with Gasteiger partial charge in [0.15, 0.2) is 9.79 Å². The Balaban J connectivity index is 1.48. The highest BCUT2D eigenvalue weighted by Gasteiger charge is 2.35. The molecule has 33 heavy (non-hydrogen) atoms.